The Labute approximate surface area is 174 Å². The molecule has 4 nitrogen and oxygen atoms in total. The van der Waals surface area contributed by atoms with E-state index < -0.39 is 17.6 Å². The fourth-order valence-electron chi connectivity index (χ4n) is 3.53. The first kappa shape index (κ1) is 19.6. The average Bonchev–Trinajstić information content (AvgIpc) is 2.96. The molecule has 0 aliphatic carbocycles. The van der Waals surface area contributed by atoms with Crippen LogP contribution in [0.2, 0.25) is 0 Å². The van der Waals surface area contributed by atoms with Gasteiger partial charge in [0.1, 0.15) is 11.5 Å². The third-order valence-electron chi connectivity index (χ3n) is 5.35. The second kappa shape index (κ2) is 7.59. The van der Waals surface area contributed by atoms with Gasteiger partial charge in [-0.15, -0.1) is 0 Å². The van der Waals surface area contributed by atoms with Crippen molar-refractivity contribution in [3.8, 4) is 0 Å². The summed E-state index contributed by atoms with van der Waals surface area (Å²) in [4.78, 5) is 28.0. The maximum atomic E-state index is 13.5. The van der Waals surface area contributed by atoms with E-state index in [0.29, 0.717) is 16.9 Å². The van der Waals surface area contributed by atoms with Gasteiger partial charge in [0.25, 0.3) is 11.8 Å². The molecule has 0 aromatic heterocycles. The Hall–Kier alpha value is -3.73. The number of nitrogens with one attached hydrogen (secondary N) is 1. The van der Waals surface area contributed by atoms with E-state index in [0.717, 1.165) is 16.7 Å². The molecule has 0 fully saturated rings. The second-order valence-electron chi connectivity index (χ2n) is 7.41. The van der Waals surface area contributed by atoms with Crippen molar-refractivity contribution in [2.45, 2.75) is 20.8 Å². The first-order valence-corrected chi connectivity index (χ1v) is 9.65. The van der Waals surface area contributed by atoms with Gasteiger partial charge in [-0.05, 0) is 73.4 Å². The third kappa shape index (κ3) is 3.39. The standard InChI is InChI=1S/C25H21FN2O2/c1-15-8-13-20(14-17(15)3)27-23-22(18-9-11-19(26)12-10-18)24(29)28(25(23)30)21-7-5-4-6-16(21)2/h4-14,27H,1-3H3. The second-order valence-corrected chi connectivity index (χ2v) is 7.41. The summed E-state index contributed by atoms with van der Waals surface area (Å²) in [7, 11) is 0. The number of benzene rings is 3. The lowest BCUT2D eigenvalue weighted by Crippen LogP contribution is -2.33. The van der Waals surface area contributed by atoms with E-state index in [1.807, 2.05) is 51.1 Å². The highest BCUT2D eigenvalue weighted by molar-refractivity contribution is 6.46. The molecule has 0 bridgehead atoms. The van der Waals surface area contributed by atoms with Gasteiger partial charge < -0.3 is 5.32 Å². The molecule has 3 aromatic rings. The number of anilines is 2. The Bertz CT molecular complexity index is 1200. The van der Waals surface area contributed by atoms with Crippen LogP contribution in [0.15, 0.2) is 72.4 Å². The molecule has 1 N–H and O–H groups in total. The Morgan fingerprint density at radius 1 is 0.767 bits per heavy atom. The van der Waals surface area contributed by atoms with Gasteiger partial charge in [0.05, 0.1) is 11.3 Å². The summed E-state index contributed by atoms with van der Waals surface area (Å²) >= 11 is 0. The van der Waals surface area contributed by atoms with Crippen LogP contribution in [-0.4, -0.2) is 11.8 Å². The van der Waals surface area contributed by atoms with Gasteiger partial charge in [-0.1, -0.05) is 36.4 Å². The highest BCUT2D eigenvalue weighted by atomic mass is 19.1. The van der Waals surface area contributed by atoms with E-state index >= 15 is 0 Å². The molecule has 0 saturated heterocycles. The monoisotopic (exact) mass is 400 g/mol. The van der Waals surface area contributed by atoms with Crippen LogP contribution in [-0.2, 0) is 9.59 Å². The van der Waals surface area contributed by atoms with Crippen molar-refractivity contribution < 1.29 is 14.0 Å². The number of amides is 2. The van der Waals surface area contributed by atoms with Crippen molar-refractivity contribution in [3.05, 3.63) is 100 Å². The Kier molecular flexibility index (Phi) is 4.96. The fourth-order valence-corrected chi connectivity index (χ4v) is 3.53. The molecule has 0 spiro atoms. The molecule has 1 aliphatic rings. The van der Waals surface area contributed by atoms with Crippen LogP contribution in [0.1, 0.15) is 22.3 Å². The first-order valence-electron chi connectivity index (χ1n) is 9.65. The minimum atomic E-state index is -0.438. The molecule has 150 valence electrons. The quantitative estimate of drug-likeness (QED) is 0.617. The third-order valence-corrected chi connectivity index (χ3v) is 5.35. The van der Waals surface area contributed by atoms with E-state index in [1.54, 1.807) is 12.1 Å². The maximum absolute atomic E-state index is 13.5. The van der Waals surface area contributed by atoms with Crippen LogP contribution in [0.4, 0.5) is 15.8 Å². The van der Waals surface area contributed by atoms with Gasteiger partial charge in [-0.2, -0.15) is 0 Å². The molecular weight excluding hydrogens is 379 g/mol. The summed E-state index contributed by atoms with van der Waals surface area (Å²) in [5, 5.41) is 3.15. The smallest absolute Gasteiger partial charge is 0.282 e. The predicted molar refractivity (Wildman–Crippen MR) is 117 cm³/mol. The molecule has 30 heavy (non-hydrogen) atoms. The number of aryl methyl sites for hydroxylation is 3. The summed E-state index contributed by atoms with van der Waals surface area (Å²) in [5.41, 5.74) is 5.13. The van der Waals surface area contributed by atoms with Gasteiger partial charge in [-0.25, -0.2) is 9.29 Å². The van der Waals surface area contributed by atoms with Crippen molar-refractivity contribution in [1.82, 2.24) is 0 Å². The van der Waals surface area contributed by atoms with Gasteiger partial charge in [0, 0.05) is 5.69 Å². The lowest BCUT2D eigenvalue weighted by Gasteiger charge is -2.17. The van der Waals surface area contributed by atoms with Crippen molar-refractivity contribution in [2.24, 2.45) is 0 Å². The molecular formula is C25H21FN2O2. The number of carbonyl (C=O) groups excluding carboxylic acids is 2. The number of nitrogens with zero attached hydrogens (tertiary/aromatic N) is 1. The van der Waals surface area contributed by atoms with Gasteiger partial charge >= 0.3 is 0 Å². The molecule has 5 heteroatoms. The molecule has 4 rings (SSSR count). The summed E-state index contributed by atoms with van der Waals surface area (Å²) in [6.07, 6.45) is 0. The van der Waals surface area contributed by atoms with Crippen molar-refractivity contribution in [1.29, 1.82) is 0 Å². The van der Waals surface area contributed by atoms with Crippen LogP contribution in [0.25, 0.3) is 5.57 Å². The SMILES string of the molecule is Cc1ccc(NC2=C(c3ccc(F)cc3)C(=O)N(c3ccccc3C)C2=O)cc1C. The largest absolute Gasteiger partial charge is 0.350 e. The zero-order valence-electron chi connectivity index (χ0n) is 17.0. The Morgan fingerprint density at radius 3 is 2.13 bits per heavy atom. The van der Waals surface area contributed by atoms with Crippen molar-refractivity contribution >= 4 is 28.8 Å². The van der Waals surface area contributed by atoms with E-state index in [1.165, 1.54) is 29.2 Å². The number of carbonyl (C=O) groups is 2. The van der Waals surface area contributed by atoms with Crippen LogP contribution in [0.3, 0.4) is 0 Å². The van der Waals surface area contributed by atoms with Gasteiger partial charge in [0.2, 0.25) is 0 Å². The topological polar surface area (TPSA) is 49.4 Å². The minimum absolute atomic E-state index is 0.179. The molecule has 0 unspecified atom stereocenters. The molecule has 1 aliphatic heterocycles. The molecule has 2 amide bonds. The zero-order valence-corrected chi connectivity index (χ0v) is 17.0. The highest BCUT2D eigenvalue weighted by Gasteiger charge is 2.40. The van der Waals surface area contributed by atoms with Crippen molar-refractivity contribution in [2.75, 3.05) is 10.2 Å². The summed E-state index contributed by atoms with van der Waals surface area (Å²) in [6.45, 7) is 5.84. The normalized spacial score (nSPS) is 13.9. The van der Waals surface area contributed by atoms with E-state index in [4.69, 9.17) is 0 Å². The van der Waals surface area contributed by atoms with Gasteiger partial charge in [-0.3, -0.25) is 9.59 Å². The number of hydrogen-bond donors (Lipinski definition) is 1. The summed E-state index contributed by atoms with van der Waals surface area (Å²) < 4.78 is 13.5. The Morgan fingerprint density at radius 2 is 1.47 bits per heavy atom. The molecule has 0 radical (unpaired) electrons. The molecule has 0 saturated carbocycles. The maximum Gasteiger partial charge on any atom is 0.282 e. The number of para-hydroxylation sites is 1. The number of imide groups is 1. The minimum Gasteiger partial charge on any atom is -0.350 e. The van der Waals surface area contributed by atoms with Crippen molar-refractivity contribution in [3.63, 3.8) is 0 Å². The van der Waals surface area contributed by atoms with Crippen LogP contribution in [0.5, 0.6) is 0 Å². The predicted octanol–water partition coefficient (Wildman–Crippen LogP) is 5.15. The van der Waals surface area contributed by atoms with Crippen LogP contribution >= 0.6 is 0 Å². The van der Waals surface area contributed by atoms with Gasteiger partial charge in [0.15, 0.2) is 0 Å². The van der Waals surface area contributed by atoms with Crippen LogP contribution < -0.4 is 10.2 Å². The van der Waals surface area contributed by atoms with E-state index in [2.05, 4.69) is 5.32 Å². The van der Waals surface area contributed by atoms with E-state index in [9.17, 15) is 14.0 Å². The lowest BCUT2D eigenvalue weighted by atomic mass is 10.0. The average molecular weight is 400 g/mol. The first-order chi connectivity index (χ1) is 14.4. The van der Waals surface area contributed by atoms with Crippen LogP contribution in [0, 0.1) is 26.6 Å². The molecule has 0 atom stereocenters. The van der Waals surface area contributed by atoms with E-state index in [-0.39, 0.29) is 11.3 Å². The summed E-state index contributed by atoms with van der Waals surface area (Å²) in [6, 6.07) is 18.6. The highest BCUT2D eigenvalue weighted by Crippen LogP contribution is 2.35. The Balaban J connectivity index is 1.84. The molecule has 1 heterocycles. The number of hydrogen-bond acceptors (Lipinski definition) is 3. The molecule has 3 aromatic carbocycles. The summed E-state index contributed by atoms with van der Waals surface area (Å²) in [5.74, 6) is -1.28. The number of rotatable bonds is 4. The lowest BCUT2D eigenvalue weighted by molar-refractivity contribution is -0.120. The zero-order chi connectivity index (χ0) is 21.4. The number of halogens is 1. The fraction of sp³-hybridized carbons (Fsp3) is 0.120.